The van der Waals surface area contributed by atoms with Crippen molar-refractivity contribution in [3.63, 3.8) is 0 Å². The number of alkyl halides is 3. The second-order valence-electron chi connectivity index (χ2n) is 5.31. The van der Waals surface area contributed by atoms with Crippen LogP contribution >= 0.6 is 24.0 Å². The minimum Gasteiger partial charge on any atom is -0.357 e. The Balaban J connectivity index is 0.00000529. The first-order chi connectivity index (χ1) is 10.9. The molecule has 0 saturated heterocycles. The number of rotatable bonds is 8. The molecule has 0 amide bonds. The summed E-state index contributed by atoms with van der Waals surface area (Å²) in [5, 5.41) is 6.26. The quantitative estimate of drug-likeness (QED) is 0.272. The Hall–Kier alpha value is -1.03. The number of hydrogen-bond donors (Lipinski definition) is 2. The van der Waals surface area contributed by atoms with Gasteiger partial charge in [-0.2, -0.15) is 13.2 Å². The summed E-state index contributed by atoms with van der Waals surface area (Å²) in [6.45, 7) is 3.33. The second kappa shape index (κ2) is 12.3. The van der Waals surface area contributed by atoms with Crippen molar-refractivity contribution in [1.82, 2.24) is 15.5 Å². The van der Waals surface area contributed by atoms with E-state index >= 15 is 0 Å². The summed E-state index contributed by atoms with van der Waals surface area (Å²) in [6, 6.07) is 9.87. The molecule has 0 aliphatic heterocycles. The minimum absolute atomic E-state index is 0. The Bertz CT molecular complexity index is 466. The highest BCUT2D eigenvalue weighted by Gasteiger charge is 2.28. The predicted molar refractivity (Wildman–Crippen MR) is 103 cm³/mol. The topological polar surface area (TPSA) is 39.7 Å². The van der Waals surface area contributed by atoms with E-state index in [1.165, 1.54) is 11.9 Å². The monoisotopic (exact) mass is 458 g/mol. The zero-order chi connectivity index (χ0) is 17.1. The van der Waals surface area contributed by atoms with Crippen molar-refractivity contribution >= 4 is 29.9 Å². The van der Waals surface area contributed by atoms with E-state index in [1.54, 1.807) is 0 Å². The van der Waals surface area contributed by atoms with Crippen LogP contribution in [-0.2, 0) is 6.54 Å². The van der Waals surface area contributed by atoms with Gasteiger partial charge in [0.1, 0.15) is 0 Å². The van der Waals surface area contributed by atoms with Crippen LogP contribution in [0.25, 0.3) is 0 Å². The Kier molecular flexibility index (Phi) is 11.8. The van der Waals surface area contributed by atoms with Gasteiger partial charge in [-0.25, -0.2) is 4.99 Å². The van der Waals surface area contributed by atoms with Gasteiger partial charge in [0, 0.05) is 13.1 Å². The van der Waals surface area contributed by atoms with Gasteiger partial charge in [-0.3, -0.25) is 4.90 Å². The average molecular weight is 458 g/mol. The third-order valence-corrected chi connectivity index (χ3v) is 3.07. The molecule has 8 heteroatoms. The normalized spacial score (nSPS) is 12.0. The average Bonchev–Trinajstić information content (AvgIpc) is 2.48. The zero-order valence-electron chi connectivity index (χ0n) is 14.1. The summed E-state index contributed by atoms with van der Waals surface area (Å²) in [7, 11) is 1.47. The highest BCUT2D eigenvalue weighted by atomic mass is 127. The van der Waals surface area contributed by atoms with Crippen molar-refractivity contribution < 1.29 is 13.2 Å². The number of hydrogen-bond acceptors (Lipinski definition) is 2. The first kappa shape index (κ1) is 23.0. The van der Waals surface area contributed by atoms with Crippen LogP contribution in [0.2, 0.25) is 0 Å². The molecule has 4 nitrogen and oxygen atoms in total. The fourth-order valence-corrected chi connectivity index (χ4v) is 2.04. The van der Waals surface area contributed by atoms with Crippen LogP contribution in [0.1, 0.15) is 18.9 Å². The molecule has 1 aromatic rings. The van der Waals surface area contributed by atoms with E-state index in [0.29, 0.717) is 32.0 Å². The maximum atomic E-state index is 12.2. The Morgan fingerprint density at radius 2 is 1.83 bits per heavy atom. The highest BCUT2D eigenvalue weighted by Crippen LogP contribution is 2.15. The molecule has 1 aromatic carbocycles. The lowest BCUT2D eigenvalue weighted by molar-refractivity contribution is -0.143. The molecule has 0 unspecified atom stereocenters. The van der Waals surface area contributed by atoms with Crippen LogP contribution in [-0.4, -0.2) is 50.3 Å². The molecular formula is C16H26F3IN4. The first-order valence-electron chi connectivity index (χ1n) is 7.72. The van der Waals surface area contributed by atoms with Gasteiger partial charge < -0.3 is 10.6 Å². The standard InChI is InChI=1S/C16H25F3N4.HI/c1-3-20-15(22-12-14-8-5-4-6-9-14)21-10-7-11-23(2)13-16(17,18)19;/h4-6,8-9H,3,7,10-13H2,1-2H3,(H2,20,21,22);1H. The molecule has 0 bridgehead atoms. The summed E-state index contributed by atoms with van der Waals surface area (Å²) in [5.74, 6) is 0.676. The first-order valence-corrected chi connectivity index (χ1v) is 7.72. The molecule has 0 aliphatic carbocycles. The fraction of sp³-hybridized carbons (Fsp3) is 0.562. The van der Waals surface area contributed by atoms with Gasteiger partial charge in [-0.05, 0) is 32.5 Å². The molecule has 0 spiro atoms. The Morgan fingerprint density at radius 1 is 1.17 bits per heavy atom. The third kappa shape index (κ3) is 11.5. The van der Waals surface area contributed by atoms with Crippen LogP contribution in [0.4, 0.5) is 13.2 Å². The lowest BCUT2D eigenvalue weighted by Crippen LogP contribution is -2.39. The lowest BCUT2D eigenvalue weighted by atomic mass is 10.2. The number of halogens is 4. The van der Waals surface area contributed by atoms with Crippen LogP contribution in [0, 0.1) is 0 Å². The lowest BCUT2D eigenvalue weighted by Gasteiger charge is -2.18. The van der Waals surface area contributed by atoms with Gasteiger partial charge in [0.2, 0.25) is 0 Å². The Labute approximate surface area is 158 Å². The molecule has 2 N–H and O–H groups in total. The van der Waals surface area contributed by atoms with Gasteiger partial charge in [0.05, 0.1) is 13.1 Å². The molecular weight excluding hydrogens is 432 g/mol. The maximum Gasteiger partial charge on any atom is 0.401 e. The maximum absolute atomic E-state index is 12.2. The van der Waals surface area contributed by atoms with E-state index in [1.807, 2.05) is 37.3 Å². The number of nitrogens with zero attached hydrogens (tertiary/aromatic N) is 2. The summed E-state index contributed by atoms with van der Waals surface area (Å²) < 4.78 is 36.7. The SMILES string of the molecule is CCNC(=NCc1ccccc1)NCCCN(C)CC(F)(F)F.I. The molecule has 138 valence electrons. The summed E-state index contributed by atoms with van der Waals surface area (Å²) in [5.41, 5.74) is 1.11. The summed E-state index contributed by atoms with van der Waals surface area (Å²) in [6.07, 6.45) is -3.53. The van der Waals surface area contributed by atoms with Crippen molar-refractivity contribution in [2.24, 2.45) is 4.99 Å². The van der Waals surface area contributed by atoms with E-state index in [2.05, 4.69) is 15.6 Å². The highest BCUT2D eigenvalue weighted by molar-refractivity contribution is 14.0. The van der Waals surface area contributed by atoms with Crippen molar-refractivity contribution in [3.8, 4) is 0 Å². The van der Waals surface area contributed by atoms with Gasteiger partial charge in [-0.15, -0.1) is 24.0 Å². The minimum atomic E-state index is -4.14. The molecule has 0 aliphatic rings. The van der Waals surface area contributed by atoms with E-state index in [0.717, 1.165) is 12.1 Å². The van der Waals surface area contributed by atoms with Crippen LogP contribution in [0.5, 0.6) is 0 Å². The molecule has 24 heavy (non-hydrogen) atoms. The molecule has 0 fully saturated rings. The van der Waals surface area contributed by atoms with Crippen LogP contribution < -0.4 is 10.6 Å². The van der Waals surface area contributed by atoms with Crippen molar-refractivity contribution in [2.45, 2.75) is 26.1 Å². The third-order valence-electron chi connectivity index (χ3n) is 3.07. The van der Waals surface area contributed by atoms with Gasteiger partial charge in [-0.1, -0.05) is 30.3 Å². The van der Waals surface area contributed by atoms with Crippen LogP contribution in [0.3, 0.4) is 0 Å². The fourth-order valence-electron chi connectivity index (χ4n) is 2.04. The molecule has 1 rings (SSSR count). The number of guanidine groups is 1. The molecule has 0 atom stereocenters. The second-order valence-corrected chi connectivity index (χ2v) is 5.31. The largest absolute Gasteiger partial charge is 0.401 e. The smallest absolute Gasteiger partial charge is 0.357 e. The van der Waals surface area contributed by atoms with Crippen molar-refractivity contribution in [2.75, 3.05) is 33.2 Å². The molecule has 0 saturated carbocycles. The summed E-state index contributed by atoms with van der Waals surface area (Å²) in [4.78, 5) is 5.73. The van der Waals surface area contributed by atoms with E-state index < -0.39 is 12.7 Å². The van der Waals surface area contributed by atoms with Gasteiger partial charge in [0.15, 0.2) is 5.96 Å². The van der Waals surface area contributed by atoms with Crippen molar-refractivity contribution in [1.29, 1.82) is 0 Å². The van der Waals surface area contributed by atoms with Gasteiger partial charge in [0.25, 0.3) is 0 Å². The van der Waals surface area contributed by atoms with E-state index in [4.69, 9.17) is 0 Å². The summed E-state index contributed by atoms with van der Waals surface area (Å²) >= 11 is 0. The number of benzene rings is 1. The van der Waals surface area contributed by atoms with Gasteiger partial charge >= 0.3 is 6.18 Å². The molecule has 0 aromatic heterocycles. The molecule has 0 heterocycles. The zero-order valence-corrected chi connectivity index (χ0v) is 16.4. The number of aliphatic imine (C=N–C) groups is 1. The van der Waals surface area contributed by atoms with Crippen LogP contribution in [0.15, 0.2) is 35.3 Å². The Morgan fingerprint density at radius 3 is 2.42 bits per heavy atom. The van der Waals surface area contributed by atoms with E-state index in [-0.39, 0.29) is 24.0 Å². The predicted octanol–water partition coefficient (Wildman–Crippen LogP) is 3.24. The van der Waals surface area contributed by atoms with Crippen molar-refractivity contribution in [3.05, 3.63) is 35.9 Å². The van der Waals surface area contributed by atoms with E-state index in [9.17, 15) is 13.2 Å². The molecule has 0 radical (unpaired) electrons. The number of nitrogens with one attached hydrogen (secondary N) is 2.